The van der Waals surface area contributed by atoms with Crippen molar-refractivity contribution in [2.75, 3.05) is 0 Å². The van der Waals surface area contributed by atoms with Crippen molar-refractivity contribution in [2.24, 2.45) is 0 Å². The number of carbonyl (C=O) groups is 2. The summed E-state index contributed by atoms with van der Waals surface area (Å²) in [6.45, 7) is 7.26. The van der Waals surface area contributed by atoms with Crippen LogP contribution in [0.4, 0.5) is 0 Å². The number of Topliss-reactive ketones (excluding diaryl/α,β-unsaturated/α-hetero) is 1. The minimum Gasteiger partial charge on any atom is -0.507 e. The number of hydrogen-bond donors (Lipinski definition) is 2. The Morgan fingerprint density at radius 2 is 1.23 bits per heavy atom. The minimum absolute atomic E-state index is 0.0199. The number of rotatable bonds is 12. The molecule has 4 nitrogen and oxygen atoms in total. The fraction of sp³-hybridized carbons (Fsp3) is 0.636. The number of hydrogen-bond acceptors (Lipinski definition) is 3. The van der Waals surface area contributed by atoms with Gasteiger partial charge in [0.2, 0.25) is 0 Å². The Morgan fingerprint density at radius 1 is 0.731 bits per heavy atom. The Morgan fingerprint density at radius 3 is 1.73 bits per heavy atom. The first-order valence-corrected chi connectivity index (χ1v) is 9.92. The van der Waals surface area contributed by atoms with Gasteiger partial charge in [-0.2, -0.15) is 0 Å². The molecule has 0 atom stereocenters. The van der Waals surface area contributed by atoms with Crippen molar-refractivity contribution in [3.05, 3.63) is 27.8 Å². The number of ketones is 1. The van der Waals surface area contributed by atoms with Gasteiger partial charge in [-0.25, -0.2) is 4.79 Å². The van der Waals surface area contributed by atoms with Crippen LogP contribution in [0.15, 0.2) is 0 Å². The summed E-state index contributed by atoms with van der Waals surface area (Å²) in [5, 5.41) is 19.4. The average Bonchev–Trinajstić information content (AvgIpc) is 2.58. The van der Waals surface area contributed by atoms with Gasteiger partial charge < -0.3 is 10.2 Å². The van der Waals surface area contributed by atoms with Crippen LogP contribution in [0.3, 0.4) is 0 Å². The second-order valence-electron chi connectivity index (χ2n) is 7.28. The van der Waals surface area contributed by atoms with E-state index in [1.165, 1.54) is 38.5 Å². The molecule has 0 heterocycles. The number of benzene rings is 1. The second-order valence-corrected chi connectivity index (χ2v) is 7.28. The van der Waals surface area contributed by atoms with E-state index in [4.69, 9.17) is 0 Å². The van der Waals surface area contributed by atoms with E-state index in [0.717, 1.165) is 19.3 Å². The SMILES string of the molecule is CCCCCCCCCCCC(=O)c1c(C)c(C)c(O)c(C(=O)O)c1C. The molecule has 4 heteroatoms. The van der Waals surface area contributed by atoms with E-state index in [-0.39, 0.29) is 17.1 Å². The molecule has 0 aromatic heterocycles. The first-order valence-electron chi connectivity index (χ1n) is 9.92. The molecule has 0 aliphatic carbocycles. The largest absolute Gasteiger partial charge is 0.507 e. The zero-order valence-corrected chi connectivity index (χ0v) is 16.8. The van der Waals surface area contributed by atoms with Crippen molar-refractivity contribution in [1.29, 1.82) is 0 Å². The number of unbranched alkanes of at least 4 members (excludes halogenated alkanes) is 8. The Labute approximate surface area is 157 Å². The van der Waals surface area contributed by atoms with Gasteiger partial charge in [-0.3, -0.25) is 4.79 Å². The van der Waals surface area contributed by atoms with Gasteiger partial charge in [0, 0.05) is 12.0 Å². The van der Waals surface area contributed by atoms with Crippen LogP contribution >= 0.6 is 0 Å². The zero-order chi connectivity index (χ0) is 19.7. The minimum atomic E-state index is -1.19. The summed E-state index contributed by atoms with van der Waals surface area (Å²) in [5.41, 5.74) is 1.86. The molecule has 0 unspecified atom stereocenters. The predicted octanol–water partition coefficient (Wildman–Crippen LogP) is 6.12. The molecule has 0 saturated heterocycles. The summed E-state index contributed by atoms with van der Waals surface area (Å²) < 4.78 is 0. The highest BCUT2D eigenvalue weighted by molar-refractivity contribution is 6.04. The quantitative estimate of drug-likeness (QED) is 0.347. The molecule has 1 rings (SSSR count). The molecule has 0 amide bonds. The van der Waals surface area contributed by atoms with Crippen LogP contribution in [0, 0.1) is 20.8 Å². The van der Waals surface area contributed by atoms with E-state index in [1.54, 1.807) is 20.8 Å². The molecule has 1 aromatic rings. The summed E-state index contributed by atoms with van der Waals surface area (Å²) >= 11 is 0. The normalized spacial score (nSPS) is 10.9. The maximum atomic E-state index is 12.7. The van der Waals surface area contributed by atoms with Gasteiger partial charge in [0.15, 0.2) is 5.78 Å². The van der Waals surface area contributed by atoms with Crippen molar-refractivity contribution in [2.45, 2.75) is 91.9 Å². The molecule has 0 spiro atoms. The summed E-state index contributed by atoms with van der Waals surface area (Å²) in [7, 11) is 0. The lowest BCUT2D eigenvalue weighted by molar-refractivity contribution is 0.0692. The summed E-state index contributed by atoms with van der Waals surface area (Å²) in [5.74, 6) is -1.44. The number of carboxylic acids is 1. The standard InChI is InChI=1S/C22H34O4/c1-5-6-7-8-9-10-11-12-13-14-18(23)19-15(2)16(3)21(24)20(17(19)4)22(25)26/h24H,5-14H2,1-4H3,(H,25,26). The first kappa shape index (κ1) is 22.2. The van der Waals surface area contributed by atoms with Gasteiger partial charge in [-0.15, -0.1) is 0 Å². The maximum Gasteiger partial charge on any atom is 0.339 e. The molecular formula is C22H34O4. The van der Waals surface area contributed by atoms with Gasteiger partial charge in [0.1, 0.15) is 11.3 Å². The second kappa shape index (κ2) is 11.0. The molecule has 0 saturated carbocycles. The lowest BCUT2D eigenvalue weighted by Crippen LogP contribution is -2.12. The van der Waals surface area contributed by atoms with E-state index < -0.39 is 5.97 Å². The fourth-order valence-electron chi connectivity index (χ4n) is 3.54. The third-order valence-electron chi connectivity index (χ3n) is 5.28. The van der Waals surface area contributed by atoms with E-state index in [0.29, 0.717) is 28.7 Å². The molecule has 0 aliphatic heterocycles. The molecule has 2 N–H and O–H groups in total. The van der Waals surface area contributed by atoms with Crippen molar-refractivity contribution in [1.82, 2.24) is 0 Å². The van der Waals surface area contributed by atoms with Crippen LogP contribution in [0.2, 0.25) is 0 Å². The Bertz CT molecular complexity index is 632. The van der Waals surface area contributed by atoms with Crippen molar-refractivity contribution in [3.63, 3.8) is 0 Å². The Hall–Kier alpha value is -1.84. The molecule has 0 radical (unpaired) electrons. The number of aromatic carboxylic acids is 1. The summed E-state index contributed by atoms with van der Waals surface area (Å²) in [6, 6.07) is 0. The van der Waals surface area contributed by atoms with Gasteiger partial charge >= 0.3 is 5.97 Å². The maximum absolute atomic E-state index is 12.7. The lowest BCUT2D eigenvalue weighted by Gasteiger charge is -2.16. The smallest absolute Gasteiger partial charge is 0.339 e. The number of carbonyl (C=O) groups excluding carboxylic acids is 1. The lowest BCUT2D eigenvalue weighted by atomic mass is 9.88. The van der Waals surface area contributed by atoms with Crippen LogP contribution in [0.5, 0.6) is 5.75 Å². The molecule has 1 aromatic carbocycles. The van der Waals surface area contributed by atoms with Crippen LogP contribution in [-0.4, -0.2) is 22.0 Å². The van der Waals surface area contributed by atoms with Gasteiger partial charge in [0.05, 0.1) is 0 Å². The van der Waals surface area contributed by atoms with Crippen LogP contribution < -0.4 is 0 Å². The highest BCUT2D eigenvalue weighted by Crippen LogP contribution is 2.33. The monoisotopic (exact) mass is 362 g/mol. The van der Waals surface area contributed by atoms with Gasteiger partial charge in [0.25, 0.3) is 0 Å². The molecule has 0 fully saturated rings. The third-order valence-corrected chi connectivity index (χ3v) is 5.28. The number of phenols is 1. The van der Waals surface area contributed by atoms with Crippen molar-refractivity contribution >= 4 is 11.8 Å². The topological polar surface area (TPSA) is 74.6 Å². The molecule has 146 valence electrons. The van der Waals surface area contributed by atoms with Crippen LogP contribution in [0.25, 0.3) is 0 Å². The number of carboxylic acid groups (broad SMARTS) is 1. The third kappa shape index (κ3) is 5.86. The van der Waals surface area contributed by atoms with Crippen LogP contribution in [0.1, 0.15) is 109 Å². The zero-order valence-electron chi connectivity index (χ0n) is 16.8. The Balaban J connectivity index is 2.59. The molecule has 26 heavy (non-hydrogen) atoms. The molecule has 0 aliphatic rings. The highest BCUT2D eigenvalue weighted by Gasteiger charge is 2.24. The van der Waals surface area contributed by atoms with Gasteiger partial charge in [-0.05, 0) is 43.9 Å². The van der Waals surface area contributed by atoms with Crippen molar-refractivity contribution in [3.8, 4) is 5.75 Å². The van der Waals surface area contributed by atoms with E-state index in [2.05, 4.69) is 6.92 Å². The molecule has 0 bridgehead atoms. The summed E-state index contributed by atoms with van der Waals surface area (Å²) in [6.07, 6.45) is 11.1. The van der Waals surface area contributed by atoms with E-state index >= 15 is 0 Å². The Kier molecular flexibility index (Phi) is 9.39. The van der Waals surface area contributed by atoms with Crippen molar-refractivity contribution < 1.29 is 19.8 Å². The predicted molar refractivity (Wildman–Crippen MR) is 105 cm³/mol. The fourth-order valence-corrected chi connectivity index (χ4v) is 3.54. The average molecular weight is 363 g/mol. The summed E-state index contributed by atoms with van der Waals surface area (Å²) in [4.78, 5) is 24.1. The van der Waals surface area contributed by atoms with Gasteiger partial charge in [-0.1, -0.05) is 58.3 Å². The first-order chi connectivity index (χ1) is 12.3. The number of aromatic hydroxyl groups is 1. The van der Waals surface area contributed by atoms with Crippen LogP contribution in [-0.2, 0) is 0 Å². The molecular weight excluding hydrogens is 328 g/mol. The van der Waals surface area contributed by atoms with E-state index in [9.17, 15) is 19.8 Å². The highest BCUT2D eigenvalue weighted by atomic mass is 16.4. The van der Waals surface area contributed by atoms with E-state index in [1.807, 2.05) is 0 Å².